The molecule has 0 aliphatic carbocycles. The first-order valence-corrected chi connectivity index (χ1v) is 6.20. The van der Waals surface area contributed by atoms with Crippen LogP contribution in [0.1, 0.15) is 5.56 Å². The molecule has 21 heavy (non-hydrogen) atoms. The van der Waals surface area contributed by atoms with Gasteiger partial charge in [-0.15, -0.1) is 0 Å². The third-order valence-corrected chi connectivity index (χ3v) is 3.17. The van der Waals surface area contributed by atoms with Crippen molar-refractivity contribution >= 4 is 28.0 Å². The second-order valence-electron chi connectivity index (χ2n) is 4.50. The van der Waals surface area contributed by atoms with Crippen molar-refractivity contribution in [3.8, 4) is 6.07 Å². The maximum absolute atomic E-state index is 10.7. The van der Waals surface area contributed by atoms with Gasteiger partial charge in [-0.25, -0.2) is 0 Å². The highest BCUT2D eigenvalue weighted by atomic mass is 16.6. The van der Waals surface area contributed by atoms with E-state index in [4.69, 9.17) is 5.26 Å². The molecule has 0 saturated heterocycles. The van der Waals surface area contributed by atoms with E-state index in [1.165, 1.54) is 18.2 Å². The van der Waals surface area contributed by atoms with Gasteiger partial charge in [0, 0.05) is 34.9 Å². The molecule has 0 aliphatic rings. The summed E-state index contributed by atoms with van der Waals surface area (Å²) >= 11 is 0. The summed E-state index contributed by atoms with van der Waals surface area (Å²) in [6, 6.07) is 13.8. The summed E-state index contributed by atoms with van der Waals surface area (Å²) in [6.07, 6.45) is 1.85. The fraction of sp³-hybridized carbons (Fsp3) is 0. The fourth-order valence-electron chi connectivity index (χ4n) is 2.13. The maximum atomic E-state index is 10.7. The predicted octanol–water partition coefficient (Wildman–Crippen LogP) is 3.69. The van der Waals surface area contributed by atoms with Crippen LogP contribution in [0.25, 0.3) is 10.9 Å². The standard InChI is InChI=1S/C15H10N4O2/c16-9-11-8-13(19(20)21)2-4-15(11)18-12-1-3-14-10(7-12)5-6-17-14/h1-8,17-18H. The van der Waals surface area contributed by atoms with Gasteiger partial charge in [0.25, 0.3) is 5.69 Å². The number of nitrogens with zero attached hydrogens (tertiary/aromatic N) is 2. The molecular formula is C15H10N4O2. The van der Waals surface area contributed by atoms with E-state index in [9.17, 15) is 10.1 Å². The van der Waals surface area contributed by atoms with Gasteiger partial charge in [0.15, 0.2) is 0 Å². The van der Waals surface area contributed by atoms with Crippen molar-refractivity contribution in [1.29, 1.82) is 5.26 Å². The van der Waals surface area contributed by atoms with Gasteiger partial charge < -0.3 is 10.3 Å². The third-order valence-electron chi connectivity index (χ3n) is 3.17. The number of anilines is 2. The Balaban J connectivity index is 1.97. The highest BCUT2D eigenvalue weighted by molar-refractivity contribution is 5.84. The van der Waals surface area contributed by atoms with E-state index < -0.39 is 4.92 Å². The molecule has 0 spiro atoms. The van der Waals surface area contributed by atoms with Gasteiger partial charge >= 0.3 is 0 Å². The molecule has 1 aromatic heterocycles. The van der Waals surface area contributed by atoms with E-state index in [1.807, 2.05) is 36.5 Å². The lowest BCUT2D eigenvalue weighted by molar-refractivity contribution is -0.384. The van der Waals surface area contributed by atoms with E-state index in [2.05, 4.69) is 10.3 Å². The van der Waals surface area contributed by atoms with E-state index in [-0.39, 0.29) is 11.3 Å². The zero-order valence-corrected chi connectivity index (χ0v) is 10.8. The average molecular weight is 278 g/mol. The minimum Gasteiger partial charge on any atom is -0.361 e. The Labute approximate surface area is 119 Å². The molecule has 6 nitrogen and oxygen atoms in total. The summed E-state index contributed by atoms with van der Waals surface area (Å²) in [5, 5.41) is 24.0. The minimum absolute atomic E-state index is 0.0989. The number of nitro benzene ring substituents is 1. The molecular weight excluding hydrogens is 268 g/mol. The lowest BCUT2D eigenvalue weighted by Crippen LogP contribution is -1.95. The van der Waals surface area contributed by atoms with Crippen LogP contribution in [0.3, 0.4) is 0 Å². The highest BCUT2D eigenvalue weighted by Crippen LogP contribution is 2.26. The summed E-state index contributed by atoms with van der Waals surface area (Å²) in [5.41, 5.74) is 2.51. The van der Waals surface area contributed by atoms with Gasteiger partial charge in [0.05, 0.1) is 16.2 Å². The maximum Gasteiger partial charge on any atom is 0.270 e. The largest absolute Gasteiger partial charge is 0.361 e. The minimum atomic E-state index is -0.517. The molecule has 3 rings (SSSR count). The zero-order valence-electron chi connectivity index (χ0n) is 10.8. The number of nitrogens with one attached hydrogen (secondary N) is 2. The highest BCUT2D eigenvalue weighted by Gasteiger charge is 2.10. The Morgan fingerprint density at radius 3 is 2.81 bits per heavy atom. The fourth-order valence-corrected chi connectivity index (χ4v) is 2.13. The van der Waals surface area contributed by atoms with Gasteiger partial charge in [-0.2, -0.15) is 5.26 Å². The van der Waals surface area contributed by atoms with Crippen molar-refractivity contribution < 1.29 is 4.92 Å². The molecule has 0 fully saturated rings. The smallest absolute Gasteiger partial charge is 0.270 e. The number of rotatable bonds is 3. The van der Waals surface area contributed by atoms with Gasteiger partial charge in [-0.05, 0) is 30.3 Å². The van der Waals surface area contributed by atoms with Gasteiger partial charge in [0.1, 0.15) is 6.07 Å². The van der Waals surface area contributed by atoms with Crippen LogP contribution >= 0.6 is 0 Å². The first kappa shape index (κ1) is 12.7. The van der Waals surface area contributed by atoms with E-state index in [0.29, 0.717) is 5.69 Å². The third kappa shape index (κ3) is 2.40. The molecule has 0 aliphatic heterocycles. The number of fused-ring (bicyclic) bond motifs is 1. The van der Waals surface area contributed by atoms with Crippen LogP contribution in [0.5, 0.6) is 0 Å². The monoisotopic (exact) mass is 278 g/mol. The quantitative estimate of drug-likeness (QED) is 0.564. The number of aromatic nitrogens is 1. The van der Waals surface area contributed by atoms with Crippen LogP contribution in [0, 0.1) is 21.4 Å². The van der Waals surface area contributed by atoms with Crippen molar-refractivity contribution in [2.45, 2.75) is 0 Å². The van der Waals surface area contributed by atoms with Crippen LogP contribution in [-0.4, -0.2) is 9.91 Å². The molecule has 0 unspecified atom stereocenters. The van der Waals surface area contributed by atoms with Crippen LogP contribution in [-0.2, 0) is 0 Å². The number of aromatic amines is 1. The second-order valence-corrected chi connectivity index (χ2v) is 4.50. The van der Waals surface area contributed by atoms with Crippen LogP contribution in [0.15, 0.2) is 48.7 Å². The van der Waals surface area contributed by atoms with Crippen LogP contribution in [0.2, 0.25) is 0 Å². The Morgan fingerprint density at radius 2 is 2.05 bits per heavy atom. The molecule has 3 aromatic rings. The molecule has 6 heteroatoms. The summed E-state index contributed by atoms with van der Waals surface area (Å²) in [6.45, 7) is 0. The van der Waals surface area contributed by atoms with Crippen LogP contribution < -0.4 is 5.32 Å². The molecule has 102 valence electrons. The SMILES string of the molecule is N#Cc1cc([N+](=O)[O-])ccc1Nc1ccc2[nH]ccc2c1. The summed E-state index contributed by atoms with van der Waals surface area (Å²) in [5.74, 6) is 0. The Kier molecular flexibility index (Phi) is 3.01. The lowest BCUT2D eigenvalue weighted by atomic mass is 10.1. The van der Waals surface area contributed by atoms with Crippen molar-refractivity contribution in [3.05, 3.63) is 64.3 Å². The van der Waals surface area contributed by atoms with Crippen molar-refractivity contribution in [3.63, 3.8) is 0 Å². The van der Waals surface area contributed by atoms with E-state index in [1.54, 1.807) is 0 Å². The predicted molar refractivity (Wildman–Crippen MR) is 79.4 cm³/mol. The Hall–Kier alpha value is -3.33. The number of H-pyrrole nitrogens is 1. The Morgan fingerprint density at radius 1 is 1.19 bits per heavy atom. The number of benzene rings is 2. The lowest BCUT2D eigenvalue weighted by Gasteiger charge is -2.08. The molecule has 1 heterocycles. The number of non-ortho nitro benzene ring substituents is 1. The molecule has 0 bridgehead atoms. The molecule has 0 radical (unpaired) electrons. The summed E-state index contributed by atoms with van der Waals surface area (Å²) < 4.78 is 0. The van der Waals surface area contributed by atoms with E-state index >= 15 is 0 Å². The molecule has 0 atom stereocenters. The summed E-state index contributed by atoms with van der Waals surface area (Å²) in [7, 11) is 0. The van der Waals surface area contributed by atoms with Gasteiger partial charge in [-0.3, -0.25) is 10.1 Å². The Bertz CT molecular complexity index is 877. The van der Waals surface area contributed by atoms with Crippen molar-refractivity contribution in [2.24, 2.45) is 0 Å². The molecule has 2 N–H and O–H groups in total. The van der Waals surface area contributed by atoms with Crippen molar-refractivity contribution in [2.75, 3.05) is 5.32 Å². The number of hydrogen-bond donors (Lipinski definition) is 2. The normalized spacial score (nSPS) is 10.2. The molecule has 2 aromatic carbocycles. The van der Waals surface area contributed by atoms with Crippen LogP contribution in [0.4, 0.5) is 17.1 Å². The number of nitro groups is 1. The second kappa shape index (κ2) is 4.98. The first-order chi connectivity index (χ1) is 10.2. The molecule has 0 amide bonds. The number of nitriles is 1. The topological polar surface area (TPSA) is 94.8 Å². The summed E-state index contributed by atoms with van der Waals surface area (Å²) in [4.78, 5) is 13.3. The zero-order chi connectivity index (χ0) is 14.8. The first-order valence-electron chi connectivity index (χ1n) is 6.20. The number of hydrogen-bond acceptors (Lipinski definition) is 4. The molecule has 0 saturated carbocycles. The average Bonchev–Trinajstić information content (AvgIpc) is 2.95. The van der Waals surface area contributed by atoms with Gasteiger partial charge in [-0.1, -0.05) is 0 Å². The van der Waals surface area contributed by atoms with Crippen molar-refractivity contribution in [1.82, 2.24) is 4.98 Å². The van der Waals surface area contributed by atoms with E-state index in [0.717, 1.165) is 16.6 Å². The van der Waals surface area contributed by atoms with Gasteiger partial charge in [0.2, 0.25) is 0 Å².